The van der Waals surface area contributed by atoms with Crippen molar-refractivity contribution in [2.75, 3.05) is 91.9 Å². The van der Waals surface area contributed by atoms with Crippen molar-refractivity contribution in [3.63, 3.8) is 0 Å². The molecular formula is C54H61Cl2N5O10S. The first-order valence-corrected chi connectivity index (χ1v) is 26.3. The van der Waals surface area contributed by atoms with Gasteiger partial charge in [0.1, 0.15) is 19.3 Å². The van der Waals surface area contributed by atoms with Gasteiger partial charge >= 0.3 is 23.9 Å². The first-order chi connectivity index (χ1) is 34.8. The van der Waals surface area contributed by atoms with Crippen LogP contribution >= 0.6 is 23.2 Å². The Bertz CT molecular complexity index is 2640. The smallest absolute Gasteiger partial charge is 0.339 e. The standard InChI is InChI=1S/C54H61Cl2N5O10S/c1-40-12-22-47(23-13-40)72(66,67)57-48(54(65)71-51(64)39-69-37-35-59-28-32-61(33-29-59)53(42-10-6-3-7-11-42)44-16-20-46(56)21-17-44)24-25-49(62)70-50(63)38-68-36-34-58-26-30-60(31-27-58)52(41-8-4-2-5-9-41)43-14-18-45(55)19-15-43/h2-23,48,52-53,57H,24-39H2,1H3/t48-,52?,53?/m1/s1. The molecule has 2 unspecified atom stereocenters. The Morgan fingerprint density at radius 3 is 1.40 bits per heavy atom. The molecule has 0 bridgehead atoms. The molecule has 0 aromatic heterocycles. The predicted octanol–water partition coefficient (Wildman–Crippen LogP) is 6.72. The average molecular weight is 1040 g/mol. The summed E-state index contributed by atoms with van der Waals surface area (Å²) in [5.74, 6) is -4.24. The number of halogens is 2. The van der Waals surface area contributed by atoms with E-state index in [0.29, 0.717) is 23.1 Å². The van der Waals surface area contributed by atoms with Crippen molar-refractivity contribution in [2.45, 2.75) is 42.8 Å². The van der Waals surface area contributed by atoms with E-state index in [9.17, 15) is 27.6 Å². The molecule has 2 saturated heterocycles. The Labute approximate surface area is 431 Å². The van der Waals surface area contributed by atoms with E-state index in [2.05, 4.69) is 72.9 Å². The van der Waals surface area contributed by atoms with Gasteiger partial charge in [-0.15, -0.1) is 0 Å². The molecule has 0 radical (unpaired) electrons. The minimum absolute atomic E-state index is 0.0591. The van der Waals surface area contributed by atoms with Gasteiger partial charge in [0, 0.05) is 81.9 Å². The normalized spacial score (nSPS) is 16.4. The summed E-state index contributed by atoms with van der Waals surface area (Å²) in [6.45, 7) is 8.46. The summed E-state index contributed by atoms with van der Waals surface area (Å²) in [7, 11) is -4.32. The molecule has 7 rings (SSSR count). The molecule has 15 nitrogen and oxygen atoms in total. The number of nitrogens with one attached hydrogen (secondary N) is 1. The van der Waals surface area contributed by atoms with Gasteiger partial charge in [-0.1, -0.05) is 126 Å². The van der Waals surface area contributed by atoms with Crippen LogP contribution in [0.2, 0.25) is 10.0 Å². The number of piperazine rings is 2. The maximum atomic E-state index is 13.3. The second kappa shape index (κ2) is 27.1. The lowest BCUT2D eigenvalue weighted by Crippen LogP contribution is -2.48. The highest BCUT2D eigenvalue weighted by Crippen LogP contribution is 2.32. The summed E-state index contributed by atoms with van der Waals surface area (Å²) in [5, 5.41) is 1.36. The van der Waals surface area contributed by atoms with Crippen LogP contribution in [0.1, 0.15) is 52.7 Å². The third-order valence-corrected chi connectivity index (χ3v) is 14.7. The van der Waals surface area contributed by atoms with Crippen LogP contribution in [0.4, 0.5) is 0 Å². The molecule has 382 valence electrons. The third kappa shape index (κ3) is 16.3. The number of carbonyl (C=O) groups excluding carboxylic acids is 4. The van der Waals surface area contributed by atoms with E-state index in [-0.39, 0.29) is 30.2 Å². The highest BCUT2D eigenvalue weighted by Gasteiger charge is 2.31. The molecule has 2 heterocycles. The molecular weight excluding hydrogens is 982 g/mol. The lowest BCUT2D eigenvalue weighted by atomic mass is 9.96. The zero-order valence-corrected chi connectivity index (χ0v) is 42.6. The van der Waals surface area contributed by atoms with Crippen LogP contribution in [0.25, 0.3) is 0 Å². The number of hydrogen-bond acceptors (Lipinski definition) is 14. The number of benzene rings is 5. The molecule has 2 aliphatic rings. The maximum absolute atomic E-state index is 13.3. The number of esters is 4. The average Bonchev–Trinajstić information content (AvgIpc) is 3.38. The summed E-state index contributed by atoms with van der Waals surface area (Å²) in [4.78, 5) is 60.7. The molecule has 5 aromatic carbocycles. The zero-order chi connectivity index (χ0) is 50.9. The molecule has 18 heteroatoms. The van der Waals surface area contributed by atoms with Gasteiger partial charge in [0.05, 0.1) is 30.2 Å². The number of hydrogen-bond donors (Lipinski definition) is 1. The summed E-state index contributed by atoms with van der Waals surface area (Å²) in [5.41, 5.74) is 5.48. The molecule has 5 aromatic rings. The number of carbonyl (C=O) groups is 4. The summed E-state index contributed by atoms with van der Waals surface area (Å²) < 4.78 is 50.0. The van der Waals surface area contributed by atoms with E-state index in [1.807, 2.05) is 60.7 Å². The fourth-order valence-electron chi connectivity index (χ4n) is 8.86. The van der Waals surface area contributed by atoms with Crippen LogP contribution in [-0.2, 0) is 48.1 Å². The van der Waals surface area contributed by atoms with Gasteiger partial charge in [-0.05, 0) is 72.0 Å². The third-order valence-electron chi connectivity index (χ3n) is 12.7. The summed E-state index contributed by atoms with van der Waals surface area (Å²) in [6, 6.07) is 40.8. The van der Waals surface area contributed by atoms with Gasteiger partial charge in [-0.3, -0.25) is 24.4 Å². The Kier molecular flexibility index (Phi) is 20.5. The Hall–Kier alpha value is -5.37. The maximum Gasteiger partial charge on any atom is 0.339 e. The zero-order valence-electron chi connectivity index (χ0n) is 40.3. The van der Waals surface area contributed by atoms with Gasteiger partial charge in [0.2, 0.25) is 10.0 Å². The minimum atomic E-state index is -4.32. The predicted molar refractivity (Wildman–Crippen MR) is 274 cm³/mol. The number of sulfonamides is 1. The topological polar surface area (TPSA) is 164 Å². The lowest BCUT2D eigenvalue weighted by molar-refractivity contribution is -0.164. The largest absolute Gasteiger partial charge is 0.391 e. The molecule has 0 spiro atoms. The SMILES string of the molecule is Cc1ccc(S(=O)(=O)N[C@H](CCC(=O)OC(=O)COCCN2CCN(C(c3ccccc3)c3ccc(Cl)cc3)CC2)C(=O)OC(=O)COCCN2CCN(C(c3ccccc3)c3ccc(Cl)cc3)CC2)cc1. The van der Waals surface area contributed by atoms with Gasteiger partial charge in [0.15, 0.2) is 0 Å². The second-order valence-corrected chi connectivity index (χ2v) is 20.3. The summed E-state index contributed by atoms with van der Waals surface area (Å²) in [6.07, 6.45) is -1.04. The van der Waals surface area contributed by atoms with Gasteiger partial charge in [-0.2, -0.15) is 4.72 Å². The fraction of sp³-hybridized carbons (Fsp3) is 0.370. The van der Waals surface area contributed by atoms with Gasteiger partial charge < -0.3 is 18.9 Å². The molecule has 0 saturated carbocycles. The number of aryl methyl sites for hydroxylation is 1. The first-order valence-electron chi connectivity index (χ1n) is 24.1. The van der Waals surface area contributed by atoms with Gasteiger partial charge in [-0.25, -0.2) is 22.8 Å². The van der Waals surface area contributed by atoms with Crippen molar-refractivity contribution in [2.24, 2.45) is 0 Å². The number of ether oxygens (including phenoxy) is 4. The van der Waals surface area contributed by atoms with Gasteiger partial charge in [0.25, 0.3) is 0 Å². The molecule has 2 fully saturated rings. The quantitative estimate of drug-likeness (QED) is 0.0417. The Balaban J connectivity index is 0.826. The molecule has 0 aliphatic carbocycles. The summed E-state index contributed by atoms with van der Waals surface area (Å²) >= 11 is 12.4. The van der Waals surface area contributed by atoms with E-state index >= 15 is 0 Å². The van der Waals surface area contributed by atoms with E-state index in [0.717, 1.165) is 69.0 Å². The van der Waals surface area contributed by atoms with Crippen molar-refractivity contribution in [3.05, 3.63) is 171 Å². The van der Waals surface area contributed by atoms with Crippen molar-refractivity contribution in [1.29, 1.82) is 0 Å². The van der Waals surface area contributed by atoms with E-state index in [4.69, 9.17) is 42.1 Å². The van der Waals surface area contributed by atoms with Crippen molar-refractivity contribution < 1.29 is 46.5 Å². The van der Waals surface area contributed by atoms with Crippen molar-refractivity contribution >= 4 is 57.1 Å². The molecule has 0 amide bonds. The van der Waals surface area contributed by atoms with Crippen LogP contribution in [0, 0.1) is 6.92 Å². The van der Waals surface area contributed by atoms with Crippen LogP contribution < -0.4 is 4.72 Å². The first kappa shape index (κ1) is 54.4. The fourth-order valence-corrected chi connectivity index (χ4v) is 10.3. The Morgan fingerprint density at radius 2 is 0.958 bits per heavy atom. The lowest BCUT2D eigenvalue weighted by Gasteiger charge is -2.39. The highest BCUT2D eigenvalue weighted by molar-refractivity contribution is 7.89. The molecule has 2 aliphatic heterocycles. The second-order valence-electron chi connectivity index (χ2n) is 17.8. The van der Waals surface area contributed by atoms with E-state index < -0.39 is 66.0 Å². The molecule has 3 atom stereocenters. The van der Waals surface area contributed by atoms with Crippen LogP contribution in [-0.4, -0.2) is 150 Å². The van der Waals surface area contributed by atoms with Crippen molar-refractivity contribution in [3.8, 4) is 0 Å². The number of rotatable bonds is 23. The van der Waals surface area contributed by atoms with Crippen molar-refractivity contribution in [1.82, 2.24) is 24.3 Å². The van der Waals surface area contributed by atoms with Crippen LogP contribution in [0.3, 0.4) is 0 Å². The Morgan fingerprint density at radius 1 is 0.542 bits per heavy atom. The minimum Gasteiger partial charge on any atom is -0.391 e. The molecule has 1 N–H and O–H groups in total. The van der Waals surface area contributed by atoms with E-state index in [1.165, 1.54) is 23.3 Å². The molecule has 72 heavy (non-hydrogen) atoms. The highest BCUT2D eigenvalue weighted by atomic mass is 35.5. The number of nitrogens with zero attached hydrogens (tertiary/aromatic N) is 4. The van der Waals surface area contributed by atoms with E-state index in [1.54, 1.807) is 19.1 Å². The monoisotopic (exact) mass is 1040 g/mol. The van der Waals surface area contributed by atoms with Crippen LogP contribution in [0.15, 0.2) is 138 Å². The van der Waals surface area contributed by atoms with Crippen LogP contribution in [0.5, 0.6) is 0 Å².